The molecule has 0 fully saturated rings. The van der Waals surface area contributed by atoms with Crippen molar-refractivity contribution in [3.8, 4) is 0 Å². The van der Waals surface area contributed by atoms with E-state index in [1.165, 1.54) is 96.3 Å². The third-order valence-corrected chi connectivity index (χ3v) is 10.4. The van der Waals surface area contributed by atoms with E-state index in [2.05, 4.69) is 24.5 Å². The van der Waals surface area contributed by atoms with Crippen molar-refractivity contribution in [2.75, 3.05) is 18.8 Å². The Morgan fingerprint density at radius 2 is 1.00 bits per heavy atom. The molecule has 0 spiro atoms. The van der Waals surface area contributed by atoms with Crippen molar-refractivity contribution in [1.29, 1.82) is 0 Å². The van der Waals surface area contributed by atoms with Gasteiger partial charge in [-0.3, -0.25) is 9.11 Å². The van der Waals surface area contributed by atoms with Crippen LogP contribution in [0.2, 0.25) is 0 Å². The molecule has 0 aromatic carbocycles. The zero-order valence-electron chi connectivity index (χ0n) is 26.8. The summed E-state index contributed by atoms with van der Waals surface area (Å²) < 4.78 is 65.6. The highest BCUT2D eigenvalue weighted by molar-refractivity contribution is 7.86. The van der Waals surface area contributed by atoms with Crippen LogP contribution in [0.5, 0.6) is 0 Å². The van der Waals surface area contributed by atoms with Gasteiger partial charge in [-0.15, -0.1) is 0 Å². The molecule has 0 saturated carbocycles. The van der Waals surface area contributed by atoms with Crippen molar-refractivity contribution in [3.05, 3.63) is 0 Å². The van der Waals surface area contributed by atoms with Crippen molar-refractivity contribution in [2.24, 2.45) is 0 Å². The lowest BCUT2D eigenvalue weighted by atomic mass is 9.96. The minimum absolute atomic E-state index is 0.114. The van der Waals surface area contributed by atoms with Crippen molar-refractivity contribution in [1.82, 2.24) is 10.6 Å². The molecule has 8 nitrogen and oxygen atoms in total. The van der Waals surface area contributed by atoms with Crippen LogP contribution in [0.3, 0.4) is 0 Å². The Bertz CT molecular complexity index is 792. The first-order valence-electron chi connectivity index (χ1n) is 16.9. The van der Waals surface area contributed by atoms with Gasteiger partial charge in [0.05, 0.1) is 5.75 Å². The van der Waals surface area contributed by atoms with Gasteiger partial charge in [0.1, 0.15) is 5.25 Å². The van der Waals surface area contributed by atoms with Gasteiger partial charge in [0.15, 0.2) is 0 Å². The van der Waals surface area contributed by atoms with Crippen LogP contribution in [0.4, 0.5) is 0 Å². The van der Waals surface area contributed by atoms with Gasteiger partial charge in [0.25, 0.3) is 20.2 Å². The Morgan fingerprint density at radius 1 is 0.561 bits per heavy atom. The van der Waals surface area contributed by atoms with E-state index in [1.54, 1.807) is 6.92 Å². The van der Waals surface area contributed by atoms with Gasteiger partial charge in [-0.25, -0.2) is 0 Å². The van der Waals surface area contributed by atoms with Gasteiger partial charge in [-0.2, -0.15) is 16.8 Å². The van der Waals surface area contributed by atoms with Crippen LogP contribution in [0.15, 0.2) is 0 Å². The number of hydrogen-bond acceptors (Lipinski definition) is 6. The highest BCUT2D eigenvalue weighted by Crippen LogP contribution is 2.19. The lowest BCUT2D eigenvalue weighted by molar-refractivity contribution is 0.340. The second kappa shape index (κ2) is 26.2. The molecular formula is C31H66N2O6S2. The molecule has 10 heteroatoms. The van der Waals surface area contributed by atoms with E-state index < -0.39 is 31.5 Å². The lowest BCUT2D eigenvalue weighted by Crippen LogP contribution is -2.48. The van der Waals surface area contributed by atoms with Crippen LogP contribution < -0.4 is 10.6 Å². The summed E-state index contributed by atoms with van der Waals surface area (Å²) in [7, 11) is -8.34. The first-order valence-corrected chi connectivity index (χ1v) is 20.0. The molecule has 0 amide bonds. The molecule has 41 heavy (non-hydrogen) atoms. The van der Waals surface area contributed by atoms with E-state index in [4.69, 9.17) is 4.55 Å². The van der Waals surface area contributed by atoms with E-state index in [1.807, 2.05) is 0 Å². The molecular weight excluding hydrogens is 560 g/mol. The number of rotatable bonds is 31. The monoisotopic (exact) mass is 626 g/mol. The largest absolute Gasteiger partial charge is 0.314 e. The standard InChI is InChI=1S/C31H66N2O6S2/c1-4-7-9-11-13-14-15-16-18-20-22-25-32-29(24-21-19-17-12-10-8-5-2)28-30(31(6-3)41(37,38)39)33-26-23-27-40(34,35)36/h29-33H,4-28H2,1-3H3,(H,34,35,36)(H,37,38,39). The van der Waals surface area contributed by atoms with Crippen molar-refractivity contribution in [3.63, 3.8) is 0 Å². The normalized spacial score (nSPS) is 14.8. The third kappa shape index (κ3) is 25.9. The summed E-state index contributed by atoms with van der Waals surface area (Å²) in [4.78, 5) is 0. The summed E-state index contributed by atoms with van der Waals surface area (Å²) in [5, 5.41) is 5.92. The minimum atomic E-state index is -4.27. The molecule has 3 unspecified atom stereocenters. The zero-order valence-corrected chi connectivity index (χ0v) is 28.4. The molecule has 0 radical (unpaired) electrons. The number of nitrogens with one attached hydrogen (secondary N) is 2. The van der Waals surface area contributed by atoms with Gasteiger partial charge in [0, 0.05) is 12.1 Å². The summed E-state index contributed by atoms with van der Waals surface area (Å²) in [6.45, 7) is 7.35. The first-order chi connectivity index (χ1) is 19.5. The van der Waals surface area contributed by atoms with Gasteiger partial charge in [0.2, 0.25) is 0 Å². The summed E-state index contributed by atoms with van der Waals surface area (Å²) >= 11 is 0. The summed E-state index contributed by atoms with van der Waals surface area (Å²) in [6, 6.07) is -0.389. The van der Waals surface area contributed by atoms with Crippen molar-refractivity contribution in [2.45, 2.75) is 179 Å². The van der Waals surface area contributed by atoms with Gasteiger partial charge < -0.3 is 10.6 Å². The first kappa shape index (κ1) is 40.7. The molecule has 4 N–H and O–H groups in total. The average Bonchev–Trinajstić information content (AvgIpc) is 2.89. The predicted molar refractivity (Wildman–Crippen MR) is 174 cm³/mol. The van der Waals surface area contributed by atoms with E-state index in [9.17, 15) is 21.4 Å². The Morgan fingerprint density at radius 3 is 1.44 bits per heavy atom. The Labute approximate surface area is 254 Å². The SMILES string of the molecule is CCCCCCCCCCCCCNC(CCCCCCCCC)CC(NCCCS(=O)(=O)O)C(CC)S(=O)(=O)O. The summed E-state index contributed by atoms with van der Waals surface area (Å²) in [5.41, 5.74) is 0. The van der Waals surface area contributed by atoms with Gasteiger partial charge >= 0.3 is 0 Å². The quantitative estimate of drug-likeness (QED) is 0.0455. The maximum Gasteiger partial charge on any atom is 0.269 e. The van der Waals surface area contributed by atoms with E-state index >= 15 is 0 Å². The fourth-order valence-corrected chi connectivity index (χ4v) is 7.22. The van der Waals surface area contributed by atoms with Crippen LogP contribution >= 0.6 is 0 Å². The molecule has 0 aliphatic rings. The molecule has 0 aromatic heterocycles. The number of hydrogen-bond donors (Lipinski definition) is 4. The fraction of sp³-hybridized carbons (Fsp3) is 1.00. The van der Waals surface area contributed by atoms with Gasteiger partial charge in [-0.1, -0.05) is 130 Å². The Kier molecular flexibility index (Phi) is 26.0. The summed E-state index contributed by atoms with van der Waals surface area (Å²) in [6.07, 6.45) is 24.6. The van der Waals surface area contributed by atoms with Crippen molar-refractivity contribution < 1.29 is 25.9 Å². The molecule has 0 aromatic rings. The average molecular weight is 627 g/mol. The second-order valence-electron chi connectivity index (χ2n) is 12.0. The molecule has 248 valence electrons. The van der Waals surface area contributed by atoms with E-state index in [0.29, 0.717) is 6.42 Å². The molecule has 0 saturated heterocycles. The third-order valence-electron chi connectivity index (χ3n) is 8.13. The molecule has 0 heterocycles. The molecule has 0 rings (SSSR count). The predicted octanol–water partition coefficient (Wildman–Crippen LogP) is 7.69. The van der Waals surface area contributed by atoms with Crippen LogP contribution in [-0.2, 0) is 20.2 Å². The maximum absolute atomic E-state index is 12.2. The topological polar surface area (TPSA) is 133 Å². The smallest absolute Gasteiger partial charge is 0.269 e. The zero-order chi connectivity index (χ0) is 30.8. The Balaban J connectivity index is 4.86. The van der Waals surface area contributed by atoms with Gasteiger partial charge in [-0.05, 0) is 45.2 Å². The lowest BCUT2D eigenvalue weighted by Gasteiger charge is -2.30. The van der Waals surface area contributed by atoms with Crippen LogP contribution in [0, 0.1) is 0 Å². The van der Waals surface area contributed by atoms with E-state index in [0.717, 1.165) is 32.2 Å². The summed E-state index contributed by atoms with van der Waals surface area (Å²) in [5.74, 6) is -0.381. The highest BCUT2D eigenvalue weighted by Gasteiger charge is 2.32. The highest BCUT2D eigenvalue weighted by atomic mass is 32.2. The van der Waals surface area contributed by atoms with Crippen molar-refractivity contribution >= 4 is 20.2 Å². The molecule has 0 aliphatic heterocycles. The molecule has 0 aliphatic carbocycles. The van der Waals surface area contributed by atoms with Crippen LogP contribution in [0.25, 0.3) is 0 Å². The van der Waals surface area contributed by atoms with Crippen LogP contribution in [0.1, 0.15) is 162 Å². The van der Waals surface area contributed by atoms with E-state index in [-0.39, 0.29) is 31.2 Å². The van der Waals surface area contributed by atoms with Crippen LogP contribution in [-0.4, -0.2) is 62.1 Å². The maximum atomic E-state index is 12.2. The minimum Gasteiger partial charge on any atom is -0.314 e. The molecule has 3 atom stereocenters. The Hall–Kier alpha value is -0.260. The molecule has 0 bridgehead atoms. The number of unbranched alkanes of at least 4 members (excludes halogenated alkanes) is 16. The fourth-order valence-electron chi connectivity index (χ4n) is 5.66. The second-order valence-corrected chi connectivity index (χ2v) is 15.2.